The third kappa shape index (κ3) is 5.44. The number of aromatic nitrogens is 1. The summed E-state index contributed by atoms with van der Waals surface area (Å²) < 4.78 is 41.2. The van der Waals surface area contributed by atoms with E-state index in [1.54, 1.807) is 12.3 Å². The number of nitrogens with zero attached hydrogens (tertiary/aromatic N) is 2. The van der Waals surface area contributed by atoms with Crippen molar-refractivity contribution in [2.24, 2.45) is 0 Å². The lowest BCUT2D eigenvalue weighted by Crippen LogP contribution is -2.27. The van der Waals surface area contributed by atoms with Gasteiger partial charge in [0, 0.05) is 29.2 Å². The molecule has 0 saturated carbocycles. The molecular formula is C28H22F3N3O. The molecule has 1 atom stereocenters. The summed E-state index contributed by atoms with van der Waals surface area (Å²) in [7, 11) is 0. The summed E-state index contributed by atoms with van der Waals surface area (Å²) in [5.74, 6) is -0.501. The van der Waals surface area contributed by atoms with Crippen LogP contribution in [0.5, 0.6) is 0 Å². The normalized spacial score (nSPS) is 12.8. The van der Waals surface area contributed by atoms with Crippen molar-refractivity contribution >= 4 is 22.9 Å². The first-order valence-electron chi connectivity index (χ1n) is 11.0. The highest BCUT2D eigenvalue weighted by molar-refractivity contribution is 6.04. The molecule has 4 aromatic rings. The predicted molar refractivity (Wildman–Crippen MR) is 129 cm³/mol. The Hall–Kier alpha value is -4.31. The van der Waals surface area contributed by atoms with Gasteiger partial charge in [0.1, 0.15) is 11.6 Å². The Labute approximate surface area is 200 Å². The van der Waals surface area contributed by atoms with E-state index >= 15 is 0 Å². The Balaban J connectivity index is 1.64. The van der Waals surface area contributed by atoms with Crippen molar-refractivity contribution in [3.8, 4) is 6.07 Å². The molecule has 4 nitrogen and oxygen atoms in total. The van der Waals surface area contributed by atoms with Gasteiger partial charge in [-0.1, -0.05) is 60.7 Å². The van der Waals surface area contributed by atoms with Gasteiger partial charge in [-0.05, 0) is 42.3 Å². The van der Waals surface area contributed by atoms with Gasteiger partial charge in [0.05, 0.1) is 11.6 Å². The zero-order valence-electron chi connectivity index (χ0n) is 18.9. The van der Waals surface area contributed by atoms with Gasteiger partial charge in [0.2, 0.25) is 0 Å². The van der Waals surface area contributed by atoms with Crippen molar-refractivity contribution < 1.29 is 18.0 Å². The van der Waals surface area contributed by atoms with E-state index in [1.165, 1.54) is 12.1 Å². The average Bonchev–Trinajstić information content (AvgIpc) is 3.19. The van der Waals surface area contributed by atoms with Crippen LogP contribution in [0, 0.1) is 11.3 Å². The predicted octanol–water partition coefficient (Wildman–Crippen LogP) is 6.49. The van der Waals surface area contributed by atoms with Crippen LogP contribution in [0.25, 0.3) is 17.0 Å². The minimum Gasteiger partial charge on any atom is -0.345 e. The van der Waals surface area contributed by atoms with Crippen molar-refractivity contribution in [3.63, 3.8) is 0 Å². The number of hydrogen-bond acceptors (Lipinski definition) is 2. The molecule has 0 aliphatic heterocycles. The number of carbonyl (C=O) groups is 1. The summed E-state index contributed by atoms with van der Waals surface area (Å²) in [6.07, 6.45) is -1.16. The zero-order chi connectivity index (χ0) is 25.0. The van der Waals surface area contributed by atoms with E-state index in [2.05, 4.69) is 5.32 Å². The largest absolute Gasteiger partial charge is 0.416 e. The number of nitriles is 1. The zero-order valence-corrected chi connectivity index (χ0v) is 18.9. The number of alkyl halides is 3. The molecular weight excluding hydrogens is 451 g/mol. The molecule has 0 aliphatic carbocycles. The van der Waals surface area contributed by atoms with Crippen LogP contribution in [-0.4, -0.2) is 10.5 Å². The lowest BCUT2D eigenvalue weighted by Gasteiger charge is -2.13. The van der Waals surface area contributed by atoms with Crippen LogP contribution in [0.3, 0.4) is 0 Å². The van der Waals surface area contributed by atoms with Gasteiger partial charge in [-0.2, -0.15) is 18.4 Å². The van der Waals surface area contributed by atoms with E-state index in [0.29, 0.717) is 11.1 Å². The van der Waals surface area contributed by atoms with E-state index in [-0.39, 0.29) is 18.2 Å². The number of amides is 1. The SMILES string of the molecule is CC(NC(=O)/C(C#N)=C/c1cn(Cc2cccc(C(F)(F)F)c2)c2ccccc12)c1ccccc1. The number of fused-ring (bicyclic) bond motifs is 1. The van der Waals surface area contributed by atoms with Gasteiger partial charge in [0.15, 0.2) is 0 Å². The Morgan fingerprint density at radius 2 is 1.77 bits per heavy atom. The molecule has 4 rings (SSSR count). The van der Waals surface area contributed by atoms with Crippen molar-refractivity contribution in [2.75, 3.05) is 0 Å². The van der Waals surface area contributed by atoms with Crippen LogP contribution in [0.2, 0.25) is 0 Å². The van der Waals surface area contributed by atoms with Crippen molar-refractivity contribution in [1.29, 1.82) is 5.26 Å². The highest BCUT2D eigenvalue weighted by atomic mass is 19.4. The summed E-state index contributed by atoms with van der Waals surface area (Å²) in [6, 6.07) is 23.6. The lowest BCUT2D eigenvalue weighted by molar-refractivity contribution is -0.137. The first kappa shape index (κ1) is 23.8. The maximum atomic E-state index is 13.1. The monoisotopic (exact) mass is 473 g/mol. The number of benzene rings is 3. The van der Waals surface area contributed by atoms with Crippen LogP contribution in [0.1, 0.15) is 35.2 Å². The quantitative estimate of drug-likeness (QED) is 0.257. The van der Waals surface area contributed by atoms with Crippen LogP contribution in [0.4, 0.5) is 13.2 Å². The molecule has 0 radical (unpaired) electrons. The average molecular weight is 473 g/mol. The standard InChI is InChI=1S/C28H22F3N3O/c1-19(21-9-3-2-4-10-21)33-27(35)22(16-32)15-23-18-34(26-13-6-5-12-25(23)26)17-20-8-7-11-24(14-20)28(29,30)31/h2-15,18-19H,17H2,1H3,(H,33,35)/b22-15+. The van der Waals surface area contributed by atoms with Crippen LogP contribution in [-0.2, 0) is 17.5 Å². The van der Waals surface area contributed by atoms with Crippen molar-refractivity contribution in [2.45, 2.75) is 25.7 Å². The molecule has 0 spiro atoms. The number of hydrogen-bond donors (Lipinski definition) is 1. The summed E-state index contributed by atoms with van der Waals surface area (Å²) >= 11 is 0. The maximum absolute atomic E-state index is 13.1. The molecule has 1 aromatic heterocycles. The molecule has 1 heterocycles. The van der Waals surface area contributed by atoms with E-state index in [9.17, 15) is 23.2 Å². The van der Waals surface area contributed by atoms with Gasteiger partial charge in [-0.25, -0.2) is 0 Å². The molecule has 35 heavy (non-hydrogen) atoms. The number of halogens is 3. The highest BCUT2D eigenvalue weighted by Crippen LogP contribution is 2.30. The van der Waals surface area contributed by atoms with Gasteiger partial charge >= 0.3 is 6.18 Å². The second kappa shape index (κ2) is 9.90. The Morgan fingerprint density at radius 1 is 1.06 bits per heavy atom. The topological polar surface area (TPSA) is 57.8 Å². The number of rotatable bonds is 6. The summed E-state index contributed by atoms with van der Waals surface area (Å²) in [5.41, 5.74) is 2.05. The minimum atomic E-state index is -4.42. The third-order valence-corrected chi connectivity index (χ3v) is 5.74. The van der Waals surface area contributed by atoms with Gasteiger partial charge in [0.25, 0.3) is 5.91 Å². The smallest absolute Gasteiger partial charge is 0.345 e. The molecule has 0 bridgehead atoms. The molecule has 0 fully saturated rings. The maximum Gasteiger partial charge on any atom is 0.416 e. The Kier molecular flexibility index (Phi) is 6.74. The number of para-hydroxylation sites is 1. The minimum absolute atomic E-state index is 0.0604. The van der Waals surface area contributed by atoms with Gasteiger partial charge < -0.3 is 9.88 Å². The molecule has 0 aliphatic rings. The first-order valence-corrected chi connectivity index (χ1v) is 11.0. The van der Waals surface area contributed by atoms with Gasteiger partial charge in [-0.15, -0.1) is 0 Å². The molecule has 1 N–H and O–H groups in total. The highest BCUT2D eigenvalue weighted by Gasteiger charge is 2.30. The van der Waals surface area contributed by atoms with Crippen LogP contribution < -0.4 is 5.32 Å². The fraction of sp³-hybridized carbons (Fsp3) is 0.143. The third-order valence-electron chi connectivity index (χ3n) is 5.74. The molecule has 1 amide bonds. The molecule has 7 heteroatoms. The summed E-state index contributed by atoms with van der Waals surface area (Å²) in [4.78, 5) is 12.8. The van der Waals surface area contributed by atoms with Crippen molar-refractivity contribution in [1.82, 2.24) is 9.88 Å². The van der Waals surface area contributed by atoms with E-state index in [0.717, 1.165) is 28.6 Å². The van der Waals surface area contributed by atoms with E-state index < -0.39 is 17.6 Å². The first-order chi connectivity index (χ1) is 16.8. The molecule has 3 aromatic carbocycles. The van der Waals surface area contributed by atoms with E-state index in [1.807, 2.05) is 72.2 Å². The number of carbonyl (C=O) groups excluding carboxylic acids is 1. The van der Waals surface area contributed by atoms with Crippen LogP contribution >= 0.6 is 0 Å². The fourth-order valence-electron chi connectivity index (χ4n) is 3.97. The van der Waals surface area contributed by atoms with Crippen molar-refractivity contribution in [3.05, 3.63) is 113 Å². The number of nitrogens with one attached hydrogen (secondary N) is 1. The Bertz CT molecular complexity index is 1430. The summed E-state index contributed by atoms with van der Waals surface area (Å²) in [5, 5.41) is 13.3. The molecule has 0 saturated heterocycles. The second-order valence-corrected chi connectivity index (χ2v) is 8.20. The van der Waals surface area contributed by atoms with Crippen LogP contribution in [0.15, 0.2) is 90.6 Å². The fourth-order valence-corrected chi connectivity index (χ4v) is 3.97. The molecule has 1 unspecified atom stereocenters. The second-order valence-electron chi connectivity index (χ2n) is 8.20. The molecule has 176 valence electrons. The van der Waals surface area contributed by atoms with E-state index in [4.69, 9.17) is 0 Å². The lowest BCUT2D eigenvalue weighted by atomic mass is 10.1. The summed E-state index contributed by atoms with van der Waals surface area (Å²) in [6.45, 7) is 2.04. The van der Waals surface area contributed by atoms with Gasteiger partial charge in [-0.3, -0.25) is 4.79 Å². The Morgan fingerprint density at radius 3 is 2.49 bits per heavy atom.